The van der Waals surface area contributed by atoms with Gasteiger partial charge in [-0.2, -0.15) is 4.31 Å². The van der Waals surface area contributed by atoms with E-state index < -0.39 is 10.0 Å². The van der Waals surface area contributed by atoms with Crippen LogP contribution in [0, 0.1) is 13.8 Å². The number of methoxy groups -OCH3 is 1. The maximum atomic E-state index is 12.9. The molecule has 1 saturated heterocycles. The van der Waals surface area contributed by atoms with E-state index in [1.54, 1.807) is 23.5 Å². The van der Waals surface area contributed by atoms with Crippen LogP contribution in [-0.2, 0) is 14.8 Å². The molecule has 130 valence electrons. The molecule has 0 spiro atoms. The summed E-state index contributed by atoms with van der Waals surface area (Å²) < 4.78 is 38.5. The minimum atomic E-state index is -3.47. The van der Waals surface area contributed by atoms with Crippen LogP contribution in [0.25, 0.3) is 0 Å². The van der Waals surface area contributed by atoms with Crippen LogP contribution in [0.4, 0.5) is 0 Å². The first-order chi connectivity index (χ1) is 10.8. The smallest absolute Gasteiger partial charge is 0.243 e. The highest BCUT2D eigenvalue weighted by Gasteiger charge is 2.31. The molecule has 0 bridgehead atoms. The number of rotatable bonds is 5. The first-order valence-corrected chi connectivity index (χ1v) is 9.50. The third-order valence-corrected chi connectivity index (χ3v) is 6.22. The standard InChI is InChI=1S/C17H27NO4S/c1-12(2)22-15-6-8-18(9-7-15)23(19,20)17-11-13(3)16(21-5)10-14(17)4/h10-12,15H,6-9H2,1-5H3. The van der Waals surface area contributed by atoms with Gasteiger partial charge >= 0.3 is 0 Å². The Morgan fingerprint density at radius 2 is 1.74 bits per heavy atom. The number of hydrogen-bond acceptors (Lipinski definition) is 4. The highest BCUT2D eigenvalue weighted by atomic mass is 32.2. The molecule has 0 saturated carbocycles. The van der Waals surface area contributed by atoms with Gasteiger partial charge in [-0.3, -0.25) is 0 Å². The van der Waals surface area contributed by atoms with E-state index in [1.165, 1.54) is 0 Å². The Morgan fingerprint density at radius 1 is 1.13 bits per heavy atom. The van der Waals surface area contributed by atoms with Crippen molar-refractivity contribution in [2.24, 2.45) is 0 Å². The highest BCUT2D eigenvalue weighted by molar-refractivity contribution is 7.89. The van der Waals surface area contributed by atoms with Crippen molar-refractivity contribution in [3.63, 3.8) is 0 Å². The van der Waals surface area contributed by atoms with Gasteiger partial charge in [-0.05, 0) is 63.8 Å². The third kappa shape index (κ3) is 4.05. The van der Waals surface area contributed by atoms with Crippen molar-refractivity contribution in [2.45, 2.75) is 57.6 Å². The summed E-state index contributed by atoms with van der Waals surface area (Å²) in [5, 5.41) is 0. The average molecular weight is 341 g/mol. The van der Waals surface area contributed by atoms with Crippen molar-refractivity contribution in [1.29, 1.82) is 0 Å². The van der Waals surface area contributed by atoms with Crippen molar-refractivity contribution < 1.29 is 17.9 Å². The molecule has 1 aliphatic heterocycles. The molecule has 1 heterocycles. The van der Waals surface area contributed by atoms with Gasteiger partial charge in [-0.25, -0.2) is 8.42 Å². The Kier molecular flexibility index (Phi) is 5.70. The lowest BCUT2D eigenvalue weighted by molar-refractivity contribution is -0.0168. The normalized spacial score (nSPS) is 17.7. The zero-order valence-electron chi connectivity index (χ0n) is 14.6. The van der Waals surface area contributed by atoms with Crippen molar-refractivity contribution >= 4 is 10.0 Å². The van der Waals surface area contributed by atoms with Gasteiger partial charge in [-0.1, -0.05) is 0 Å². The van der Waals surface area contributed by atoms with Gasteiger partial charge in [0.15, 0.2) is 0 Å². The lowest BCUT2D eigenvalue weighted by Crippen LogP contribution is -2.41. The van der Waals surface area contributed by atoms with Gasteiger partial charge in [0.2, 0.25) is 10.0 Å². The molecule has 0 aliphatic carbocycles. The summed E-state index contributed by atoms with van der Waals surface area (Å²) in [5.41, 5.74) is 1.54. The molecule has 0 unspecified atom stereocenters. The van der Waals surface area contributed by atoms with E-state index in [1.807, 2.05) is 27.7 Å². The van der Waals surface area contributed by atoms with Crippen molar-refractivity contribution in [2.75, 3.05) is 20.2 Å². The summed E-state index contributed by atoms with van der Waals surface area (Å²) in [7, 11) is -1.88. The molecule has 1 aromatic rings. The average Bonchev–Trinajstić information content (AvgIpc) is 2.49. The number of benzene rings is 1. The molecular formula is C17H27NO4S. The summed E-state index contributed by atoms with van der Waals surface area (Å²) in [6.45, 7) is 8.69. The van der Waals surface area contributed by atoms with E-state index in [9.17, 15) is 8.42 Å². The molecular weight excluding hydrogens is 314 g/mol. The number of ether oxygens (including phenoxy) is 2. The van der Waals surface area contributed by atoms with E-state index in [0.29, 0.717) is 29.3 Å². The van der Waals surface area contributed by atoms with Crippen molar-refractivity contribution in [3.8, 4) is 5.75 Å². The number of sulfonamides is 1. The summed E-state index contributed by atoms with van der Waals surface area (Å²) in [4.78, 5) is 0.374. The van der Waals surface area contributed by atoms with E-state index >= 15 is 0 Å². The summed E-state index contributed by atoms with van der Waals surface area (Å²) in [6, 6.07) is 3.50. The topological polar surface area (TPSA) is 55.8 Å². The lowest BCUT2D eigenvalue weighted by Gasteiger charge is -2.32. The molecule has 0 aromatic heterocycles. The Labute approximate surface area is 139 Å². The molecule has 5 nitrogen and oxygen atoms in total. The second-order valence-electron chi connectivity index (χ2n) is 6.38. The first-order valence-electron chi connectivity index (χ1n) is 8.06. The zero-order chi connectivity index (χ0) is 17.2. The fourth-order valence-electron chi connectivity index (χ4n) is 2.99. The second kappa shape index (κ2) is 7.20. The molecule has 0 N–H and O–H groups in total. The van der Waals surface area contributed by atoms with Crippen LogP contribution < -0.4 is 4.74 Å². The Morgan fingerprint density at radius 3 is 2.26 bits per heavy atom. The Balaban J connectivity index is 2.19. The molecule has 1 aromatic carbocycles. The zero-order valence-corrected chi connectivity index (χ0v) is 15.4. The van der Waals surface area contributed by atoms with Gasteiger partial charge in [0.1, 0.15) is 5.75 Å². The molecule has 23 heavy (non-hydrogen) atoms. The van der Waals surface area contributed by atoms with Gasteiger partial charge in [0, 0.05) is 13.1 Å². The maximum absolute atomic E-state index is 12.9. The summed E-state index contributed by atoms with van der Waals surface area (Å²) in [6.07, 6.45) is 1.81. The Bertz CT molecular complexity index is 647. The van der Waals surface area contributed by atoms with E-state index in [2.05, 4.69) is 0 Å². The van der Waals surface area contributed by atoms with Crippen molar-refractivity contribution in [3.05, 3.63) is 23.3 Å². The van der Waals surface area contributed by atoms with E-state index in [0.717, 1.165) is 18.4 Å². The van der Waals surface area contributed by atoms with Crippen LogP contribution in [0.2, 0.25) is 0 Å². The van der Waals surface area contributed by atoms with E-state index in [4.69, 9.17) is 9.47 Å². The van der Waals surface area contributed by atoms with Gasteiger partial charge in [-0.15, -0.1) is 0 Å². The van der Waals surface area contributed by atoms with Crippen molar-refractivity contribution in [1.82, 2.24) is 4.31 Å². The van der Waals surface area contributed by atoms with Crippen LogP contribution >= 0.6 is 0 Å². The van der Waals surface area contributed by atoms with Crippen LogP contribution in [0.3, 0.4) is 0 Å². The fraction of sp³-hybridized carbons (Fsp3) is 0.647. The number of aryl methyl sites for hydroxylation is 2. The monoisotopic (exact) mass is 341 g/mol. The molecule has 0 amide bonds. The minimum absolute atomic E-state index is 0.153. The van der Waals surface area contributed by atoms with Crippen LogP contribution in [0.5, 0.6) is 5.75 Å². The molecule has 6 heteroatoms. The van der Waals surface area contributed by atoms with Crippen LogP contribution in [0.15, 0.2) is 17.0 Å². The Hall–Kier alpha value is -1.11. The highest BCUT2D eigenvalue weighted by Crippen LogP contribution is 2.29. The lowest BCUT2D eigenvalue weighted by atomic mass is 10.1. The quantitative estimate of drug-likeness (QED) is 0.826. The summed E-state index contributed by atoms with van der Waals surface area (Å²) >= 11 is 0. The molecule has 1 fully saturated rings. The predicted molar refractivity (Wildman–Crippen MR) is 90.5 cm³/mol. The molecule has 1 aliphatic rings. The largest absolute Gasteiger partial charge is 0.496 e. The van der Waals surface area contributed by atoms with Gasteiger partial charge < -0.3 is 9.47 Å². The van der Waals surface area contributed by atoms with Gasteiger partial charge in [0.05, 0.1) is 24.2 Å². The minimum Gasteiger partial charge on any atom is -0.496 e. The number of piperidine rings is 1. The first kappa shape index (κ1) is 18.2. The van der Waals surface area contributed by atoms with Crippen LogP contribution in [0.1, 0.15) is 37.8 Å². The fourth-order valence-corrected chi connectivity index (χ4v) is 4.75. The second-order valence-corrected chi connectivity index (χ2v) is 8.28. The molecule has 0 atom stereocenters. The third-order valence-electron chi connectivity index (χ3n) is 4.18. The maximum Gasteiger partial charge on any atom is 0.243 e. The number of nitrogens with zero attached hydrogens (tertiary/aromatic N) is 1. The van der Waals surface area contributed by atoms with Gasteiger partial charge in [0.25, 0.3) is 0 Å². The SMILES string of the molecule is COc1cc(C)c(S(=O)(=O)N2CCC(OC(C)C)CC2)cc1C. The number of hydrogen-bond donors (Lipinski definition) is 0. The van der Waals surface area contributed by atoms with Crippen LogP contribution in [-0.4, -0.2) is 45.1 Å². The molecule has 2 rings (SSSR count). The predicted octanol–water partition coefficient (Wildman–Crippen LogP) is 2.89. The molecule has 0 radical (unpaired) electrons. The summed E-state index contributed by atoms with van der Waals surface area (Å²) in [5.74, 6) is 0.713. The van der Waals surface area contributed by atoms with E-state index in [-0.39, 0.29) is 12.2 Å².